The normalized spacial score (nSPS) is 13.2. The lowest BCUT2D eigenvalue weighted by atomic mass is 9.87. The molecule has 0 spiro atoms. The van der Waals surface area contributed by atoms with Crippen LogP contribution in [0.15, 0.2) is 48.7 Å². The van der Waals surface area contributed by atoms with Gasteiger partial charge in [-0.25, -0.2) is 5.21 Å². The minimum Gasteiger partial charge on any atom is -0.595 e. The average Bonchev–Trinajstić information content (AvgIpc) is 3.19. The molecule has 1 aromatic heterocycles. The van der Waals surface area contributed by atoms with Gasteiger partial charge in [0.15, 0.2) is 5.69 Å². The quantitative estimate of drug-likeness (QED) is 0.365. The fourth-order valence-corrected chi connectivity index (χ4v) is 3.63. The zero-order chi connectivity index (χ0) is 21.0. The van der Waals surface area contributed by atoms with Crippen molar-refractivity contribution in [3.8, 4) is 17.2 Å². The zero-order valence-electron chi connectivity index (χ0n) is 16.4. The molecule has 2 atom stereocenters. The van der Waals surface area contributed by atoms with Crippen LogP contribution in [-0.4, -0.2) is 22.6 Å². The molecule has 150 valence electrons. The molecular weight excluding hydrogens is 368 g/mol. The van der Waals surface area contributed by atoms with Gasteiger partial charge >= 0.3 is 0 Å². The lowest BCUT2D eigenvalue weighted by molar-refractivity contribution is -0.990. The number of amides is 1. The molecule has 0 saturated carbocycles. The summed E-state index contributed by atoms with van der Waals surface area (Å²) in [6.07, 6.45) is 2.39. The molecule has 29 heavy (non-hydrogen) atoms. The number of carbonyl (C=O) groups is 1. The van der Waals surface area contributed by atoms with Crippen LogP contribution >= 0.6 is 0 Å². The van der Waals surface area contributed by atoms with Crippen LogP contribution in [0, 0.1) is 22.5 Å². The second-order valence-corrected chi connectivity index (χ2v) is 7.42. The van der Waals surface area contributed by atoms with Gasteiger partial charge in [0, 0.05) is 17.6 Å². The second kappa shape index (κ2) is 8.88. The van der Waals surface area contributed by atoms with Gasteiger partial charge in [0.25, 0.3) is 0 Å². The van der Waals surface area contributed by atoms with E-state index in [9.17, 15) is 15.2 Å². The number of nitrogens with one attached hydrogen (secondary N) is 3. The van der Waals surface area contributed by atoms with E-state index in [4.69, 9.17) is 5.26 Å². The summed E-state index contributed by atoms with van der Waals surface area (Å²) in [5, 5.41) is 32.2. The third kappa shape index (κ3) is 4.46. The third-order valence-electron chi connectivity index (χ3n) is 4.92. The van der Waals surface area contributed by atoms with Gasteiger partial charge in [-0.1, -0.05) is 38.1 Å². The molecule has 0 radical (unpaired) electrons. The number of nitrogens with zero attached hydrogens (tertiary/aromatic N) is 1. The maximum Gasteiger partial charge on any atom is 0.228 e. The van der Waals surface area contributed by atoms with Crippen molar-refractivity contribution in [2.45, 2.75) is 26.2 Å². The van der Waals surface area contributed by atoms with Gasteiger partial charge in [-0.15, -0.1) is 0 Å². The van der Waals surface area contributed by atoms with Crippen LogP contribution in [0.2, 0.25) is 0 Å². The Morgan fingerprint density at radius 2 is 2.10 bits per heavy atom. The number of aromatic amines is 1. The van der Waals surface area contributed by atoms with E-state index in [1.54, 1.807) is 18.3 Å². The maximum absolute atomic E-state index is 12.6. The molecule has 0 saturated heterocycles. The van der Waals surface area contributed by atoms with Crippen molar-refractivity contribution >= 4 is 22.5 Å². The first kappa shape index (κ1) is 20.6. The number of carbonyl (C=O) groups excluding carboxylic acids is 1. The standard InChI is InChI=1S/C22H24N4O3/c1-14(2)12-19(22(27)25-11-9-23)16-5-3-4-15(13-16)17-6-7-20(26(28)29)21-18(17)8-10-24-21/h3-8,10,13-14,19,24,26,28H,11-12H2,1-2H3,(H,25,27). The summed E-state index contributed by atoms with van der Waals surface area (Å²) in [4.78, 5) is 15.7. The number of benzene rings is 2. The fourth-order valence-electron chi connectivity index (χ4n) is 3.63. The van der Waals surface area contributed by atoms with Gasteiger partial charge in [0.1, 0.15) is 12.1 Å². The van der Waals surface area contributed by atoms with Crippen molar-refractivity contribution in [1.82, 2.24) is 10.3 Å². The molecule has 3 aromatic rings. The molecule has 0 bridgehead atoms. The Balaban J connectivity index is 2.04. The molecule has 1 amide bonds. The van der Waals surface area contributed by atoms with Gasteiger partial charge < -0.3 is 15.5 Å². The first-order valence-corrected chi connectivity index (χ1v) is 9.50. The molecule has 1 heterocycles. The summed E-state index contributed by atoms with van der Waals surface area (Å²) >= 11 is 0. The molecular formula is C22H24N4O3. The van der Waals surface area contributed by atoms with E-state index >= 15 is 0 Å². The number of nitriles is 1. The Morgan fingerprint density at radius 3 is 2.79 bits per heavy atom. The van der Waals surface area contributed by atoms with Gasteiger partial charge in [0.05, 0.1) is 12.0 Å². The van der Waals surface area contributed by atoms with Crippen LogP contribution in [0.3, 0.4) is 0 Å². The molecule has 3 rings (SSSR count). The largest absolute Gasteiger partial charge is 0.595 e. The van der Waals surface area contributed by atoms with E-state index in [-0.39, 0.29) is 24.1 Å². The van der Waals surface area contributed by atoms with E-state index in [1.165, 1.54) is 0 Å². The summed E-state index contributed by atoms with van der Waals surface area (Å²) < 4.78 is 0. The minimum atomic E-state index is -0.982. The predicted octanol–water partition coefficient (Wildman–Crippen LogP) is 3.01. The molecule has 0 fully saturated rings. The lowest BCUT2D eigenvalue weighted by Gasteiger charge is -2.19. The van der Waals surface area contributed by atoms with E-state index < -0.39 is 5.23 Å². The Kier molecular flexibility index (Phi) is 6.29. The number of H-pyrrole nitrogens is 1. The monoisotopic (exact) mass is 392 g/mol. The van der Waals surface area contributed by atoms with E-state index in [2.05, 4.69) is 24.1 Å². The number of rotatable bonds is 7. The van der Waals surface area contributed by atoms with Crippen LogP contribution in [0.4, 0.5) is 5.69 Å². The Bertz CT molecular complexity index is 1050. The van der Waals surface area contributed by atoms with Crippen molar-refractivity contribution in [3.05, 3.63) is 59.4 Å². The number of hydrogen-bond donors (Lipinski definition) is 4. The fraction of sp³-hybridized carbons (Fsp3) is 0.273. The molecule has 2 aromatic carbocycles. The SMILES string of the molecule is CC(C)CC(C(=O)NCC#N)c1cccc(-c2ccc([NH+]([O-])O)c3[nH]ccc23)c1. The molecule has 2 unspecified atom stereocenters. The van der Waals surface area contributed by atoms with Crippen molar-refractivity contribution < 1.29 is 15.2 Å². The first-order valence-electron chi connectivity index (χ1n) is 9.50. The molecule has 7 nitrogen and oxygen atoms in total. The van der Waals surface area contributed by atoms with Crippen LogP contribution in [-0.2, 0) is 4.79 Å². The highest BCUT2D eigenvalue weighted by Gasteiger charge is 2.22. The average molecular weight is 392 g/mol. The minimum absolute atomic E-state index is 0.0201. The maximum atomic E-state index is 12.6. The summed E-state index contributed by atoms with van der Waals surface area (Å²) in [5.41, 5.74) is 3.47. The second-order valence-electron chi connectivity index (χ2n) is 7.42. The molecule has 4 N–H and O–H groups in total. The summed E-state index contributed by atoms with van der Waals surface area (Å²) in [6, 6.07) is 14.9. The van der Waals surface area contributed by atoms with Gasteiger partial charge in [-0.3, -0.25) is 4.79 Å². The molecule has 7 heteroatoms. The van der Waals surface area contributed by atoms with Crippen LogP contribution in [0.1, 0.15) is 31.7 Å². The summed E-state index contributed by atoms with van der Waals surface area (Å²) in [7, 11) is 0. The van der Waals surface area contributed by atoms with Crippen molar-refractivity contribution in [1.29, 1.82) is 5.26 Å². The van der Waals surface area contributed by atoms with Gasteiger partial charge in [0.2, 0.25) is 5.91 Å². The number of fused-ring (bicyclic) bond motifs is 1. The van der Waals surface area contributed by atoms with E-state index in [0.717, 1.165) is 22.1 Å². The summed E-state index contributed by atoms with van der Waals surface area (Å²) in [6.45, 7) is 4.10. The number of quaternary nitrogens is 1. The van der Waals surface area contributed by atoms with E-state index in [0.29, 0.717) is 17.9 Å². The topological polar surface area (TPSA) is 116 Å². The third-order valence-corrected chi connectivity index (χ3v) is 4.92. The predicted molar refractivity (Wildman–Crippen MR) is 110 cm³/mol. The van der Waals surface area contributed by atoms with Crippen LogP contribution in [0.5, 0.6) is 0 Å². The highest BCUT2D eigenvalue weighted by molar-refractivity contribution is 6.00. The Hall–Kier alpha value is -3.18. The Labute approximate surface area is 169 Å². The molecule has 0 aliphatic rings. The number of hydrogen-bond acceptors (Lipinski definition) is 4. The zero-order valence-corrected chi connectivity index (χ0v) is 16.4. The van der Waals surface area contributed by atoms with Crippen molar-refractivity contribution in [2.24, 2.45) is 5.92 Å². The van der Waals surface area contributed by atoms with Crippen molar-refractivity contribution in [3.63, 3.8) is 0 Å². The summed E-state index contributed by atoms with van der Waals surface area (Å²) in [5.74, 6) is -0.212. The Morgan fingerprint density at radius 1 is 1.31 bits per heavy atom. The smallest absolute Gasteiger partial charge is 0.228 e. The van der Waals surface area contributed by atoms with Gasteiger partial charge in [-0.2, -0.15) is 10.5 Å². The molecule has 0 aliphatic carbocycles. The number of aromatic nitrogens is 1. The van der Waals surface area contributed by atoms with E-state index in [1.807, 2.05) is 36.4 Å². The molecule has 0 aliphatic heterocycles. The lowest BCUT2D eigenvalue weighted by Crippen LogP contribution is -2.99. The highest BCUT2D eigenvalue weighted by atomic mass is 16.8. The first-order chi connectivity index (χ1) is 13.9. The van der Waals surface area contributed by atoms with Crippen LogP contribution in [0.25, 0.3) is 22.0 Å². The van der Waals surface area contributed by atoms with Gasteiger partial charge in [-0.05, 0) is 41.2 Å². The highest BCUT2D eigenvalue weighted by Crippen LogP contribution is 2.34. The van der Waals surface area contributed by atoms with Crippen LogP contribution < -0.4 is 10.5 Å². The van der Waals surface area contributed by atoms with Crippen molar-refractivity contribution in [2.75, 3.05) is 6.54 Å².